The molecule has 1 aromatic carbocycles. The number of aryl methyl sites for hydroxylation is 2. The van der Waals surface area contributed by atoms with Crippen LogP contribution < -0.4 is 5.32 Å². The molecule has 1 N–H and O–H groups in total. The molecule has 8 heteroatoms. The molecule has 1 aliphatic rings. The number of hydrogen-bond donors (Lipinski definition) is 1. The average molecular weight is 378 g/mol. The molecule has 27 heavy (non-hydrogen) atoms. The summed E-state index contributed by atoms with van der Waals surface area (Å²) in [7, 11) is 1.47. The molecular weight excluding hydrogens is 354 g/mol. The normalized spacial score (nSPS) is 14.7. The highest BCUT2D eigenvalue weighted by atomic mass is 19.1. The summed E-state index contributed by atoms with van der Waals surface area (Å²) in [6.45, 7) is 4.20. The molecule has 0 fully saturated rings. The lowest BCUT2D eigenvalue weighted by Gasteiger charge is -2.20. The van der Waals surface area contributed by atoms with E-state index in [0.29, 0.717) is 18.7 Å². The number of aromatic nitrogens is 2. The third kappa shape index (κ3) is 4.70. The number of carbonyl (C=O) groups excluding carboxylic acids is 1. The summed E-state index contributed by atoms with van der Waals surface area (Å²) in [5.41, 5.74) is 2.27. The van der Waals surface area contributed by atoms with Gasteiger partial charge in [0, 0.05) is 38.9 Å². The Bertz CT molecular complexity index is 822. The van der Waals surface area contributed by atoms with Crippen molar-refractivity contribution in [3.63, 3.8) is 0 Å². The van der Waals surface area contributed by atoms with Crippen LogP contribution in [0.2, 0.25) is 0 Å². The van der Waals surface area contributed by atoms with Crippen molar-refractivity contribution in [2.45, 2.75) is 39.5 Å². The minimum atomic E-state index is -0.516. The van der Waals surface area contributed by atoms with Gasteiger partial charge in [0.05, 0.1) is 17.9 Å². The van der Waals surface area contributed by atoms with Crippen LogP contribution in [0.15, 0.2) is 18.2 Å². The fourth-order valence-corrected chi connectivity index (χ4v) is 3.26. The Kier molecular flexibility index (Phi) is 6.18. The van der Waals surface area contributed by atoms with Gasteiger partial charge < -0.3 is 10.1 Å². The lowest BCUT2D eigenvalue weighted by molar-refractivity contribution is -0.124. The molecule has 0 bridgehead atoms. The highest BCUT2D eigenvalue weighted by molar-refractivity contribution is 5.77. The Hall–Kier alpha value is -2.32. The minimum absolute atomic E-state index is 0.00889. The van der Waals surface area contributed by atoms with Gasteiger partial charge in [-0.25, -0.2) is 8.78 Å². The van der Waals surface area contributed by atoms with Gasteiger partial charge in [-0.1, -0.05) is 6.07 Å². The number of benzene rings is 1. The first-order valence-corrected chi connectivity index (χ1v) is 8.95. The maximum absolute atomic E-state index is 14.3. The van der Waals surface area contributed by atoms with Gasteiger partial charge >= 0.3 is 0 Å². The molecule has 0 atom stereocenters. The Morgan fingerprint density at radius 2 is 2.15 bits per heavy atom. The Morgan fingerprint density at radius 3 is 2.93 bits per heavy atom. The summed E-state index contributed by atoms with van der Waals surface area (Å²) in [5.74, 6) is -1.19. The number of fused-ring (bicyclic) bond motifs is 1. The molecule has 0 spiro atoms. The van der Waals surface area contributed by atoms with Crippen LogP contribution in [0.3, 0.4) is 0 Å². The molecule has 146 valence electrons. The van der Waals surface area contributed by atoms with E-state index in [-0.39, 0.29) is 24.6 Å². The quantitative estimate of drug-likeness (QED) is 0.837. The van der Waals surface area contributed by atoms with E-state index in [9.17, 15) is 13.6 Å². The third-order valence-electron chi connectivity index (χ3n) is 4.65. The summed E-state index contributed by atoms with van der Waals surface area (Å²) >= 11 is 0. The molecule has 1 aromatic heterocycles. The fourth-order valence-electron chi connectivity index (χ4n) is 3.26. The molecular formula is C19H24F2N4O2. The molecule has 1 amide bonds. The molecule has 0 radical (unpaired) electrons. The SMILES string of the molecule is COCC(=O)NCc1cc2n(n1)CCCN(Cc1c(F)ccc(C)c1F)C2. The van der Waals surface area contributed by atoms with Crippen molar-refractivity contribution in [3.05, 3.63) is 52.3 Å². The molecule has 1 aliphatic heterocycles. The van der Waals surface area contributed by atoms with Crippen LogP contribution in [0.25, 0.3) is 0 Å². The van der Waals surface area contributed by atoms with Crippen LogP contribution in [0.4, 0.5) is 8.78 Å². The van der Waals surface area contributed by atoms with Crippen LogP contribution in [0.5, 0.6) is 0 Å². The second-order valence-electron chi connectivity index (χ2n) is 6.78. The first-order chi connectivity index (χ1) is 13.0. The van der Waals surface area contributed by atoms with E-state index in [1.807, 2.05) is 15.6 Å². The summed E-state index contributed by atoms with van der Waals surface area (Å²) in [6, 6.07) is 4.70. The van der Waals surface area contributed by atoms with E-state index in [1.54, 1.807) is 6.92 Å². The Labute approximate surface area is 157 Å². The zero-order chi connectivity index (χ0) is 19.4. The maximum atomic E-state index is 14.3. The summed E-state index contributed by atoms with van der Waals surface area (Å²) < 4.78 is 35.1. The van der Waals surface area contributed by atoms with Crippen molar-refractivity contribution in [2.24, 2.45) is 0 Å². The maximum Gasteiger partial charge on any atom is 0.246 e. The zero-order valence-electron chi connectivity index (χ0n) is 15.6. The molecule has 6 nitrogen and oxygen atoms in total. The van der Waals surface area contributed by atoms with E-state index in [0.717, 1.165) is 30.9 Å². The number of hydrogen-bond acceptors (Lipinski definition) is 4. The number of methoxy groups -OCH3 is 1. The van der Waals surface area contributed by atoms with Crippen molar-refractivity contribution in [1.82, 2.24) is 20.0 Å². The first-order valence-electron chi connectivity index (χ1n) is 8.95. The molecule has 2 heterocycles. The topological polar surface area (TPSA) is 59.4 Å². The van der Waals surface area contributed by atoms with Crippen molar-refractivity contribution >= 4 is 5.91 Å². The summed E-state index contributed by atoms with van der Waals surface area (Å²) in [5, 5.41) is 7.26. The first kappa shape index (κ1) is 19.4. The number of carbonyl (C=O) groups is 1. The van der Waals surface area contributed by atoms with Gasteiger partial charge in [-0.15, -0.1) is 0 Å². The predicted octanol–water partition coefficient (Wildman–Crippen LogP) is 2.14. The standard InChI is InChI=1S/C19H24F2N4O2/c1-13-4-5-17(20)16(19(13)21)11-24-6-3-7-25-15(10-24)8-14(23-25)9-22-18(26)12-27-2/h4-5,8H,3,6-7,9-12H2,1-2H3,(H,22,26). The average Bonchev–Trinajstić information content (AvgIpc) is 2.92. The predicted molar refractivity (Wildman–Crippen MR) is 95.8 cm³/mol. The number of rotatable bonds is 6. The van der Waals surface area contributed by atoms with Gasteiger partial charge in [0.25, 0.3) is 0 Å². The summed E-state index contributed by atoms with van der Waals surface area (Å²) in [4.78, 5) is 13.5. The molecule has 0 aliphatic carbocycles. The lowest BCUT2D eigenvalue weighted by Crippen LogP contribution is -2.26. The van der Waals surface area contributed by atoms with Gasteiger partial charge in [-0.2, -0.15) is 5.10 Å². The van der Waals surface area contributed by atoms with Crippen LogP contribution in [-0.2, 0) is 35.7 Å². The van der Waals surface area contributed by atoms with Gasteiger partial charge in [0.15, 0.2) is 0 Å². The smallest absolute Gasteiger partial charge is 0.246 e. The van der Waals surface area contributed by atoms with Crippen LogP contribution in [0.1, 0.15) is 28.9 Å². The van der Waals surface area contributed by atoms with E-state index < -0.39 is 11.6 Å². The largest absolute Gasteiger partial charge is 0.375 e. The van der Waals surface area contributed by atoms with Gasteiger partial charge in [0.1, 0.15) is 18.2 Å². The molecule has 0 unspecified atom stereocenters. The zero-order valence-corrected chi connectivity index (χ0v) is 15.6. The van der Waals surface area contributed by atoms with Crippen LogP contribution >= 0.6 is 0 Å². The van der Waals surface area contributed by atoms with Crippen molar-refractivity contribution in [1.29, 1.82) is 0 Å². The van der Waals surface area contributed by atoms with E-state index in [2.05, 4.69) is 10.4 Å². The van der Waals surface area contributed by atoms with Crippen molar-refractivity contribution in [2.75, 3.05) is 20.3 Å². The highest BCUT2D eigenvalue weighted by Gasteiger charge is 2.20. The number of nitrogens with one attached hydrogen (secondary N) is 1. The monoisotopic (exact) mass is 378 g/mol. The fraction of sp³-hybridized carbons (Fsp3) is 0.474. The number of nitrogens with zero attached hydrogens (tertiary/aromatic N) is 3. The van der Waals surface area contributed by atoms with Crippen molar-refractivity contribution in [3.8, 4) is 0 Å². The highest BCUT2D eigenvalue weighted by Crippen LogP contribution is 2.21. The van der Waals surface area contributed by atoms with Crippen molar-refractivity contribution < 1.29 is 18.3 Å². The van der Waals surface area contributed by atoms with Gasteiger partial charge in [-0.05, 0) is 31.0 Å². The van der Waals surface area contributed by atoms with Crippen LogP contribution in [0, 0.1) is 18.6 Å². The number of amides is 1. The third-order valence-corrected chi connectivity index (χ3v) is 4.65. The van der Waals surface area contributed by atoms with Gasteiger partial charge in [-0.3, -0.25) is 14.4 Å². The minimum Gasteiger partial charge on any atom is -0.375 e. The molecule has 0 saturated carbocycles. The van der Waals surface area contributed by atoms with Gasteiger partial charge in [0.2, 0.25) is 5.91 Å². The van der Waals surface area contributed by atoms with E-state index >= 15 is 0 Å². The number of halogens is 2. The summed E-state index contributed by atoms with van der Waals surface area (Å²) in [6.07, 6.45) is 0.833. The van der Waals surface area contributed by atoms with E-state index in [1.165, 1.54) is 19.2 Å². The second-order valence-corrected chi connectivity index (χ2v) is 6.78. The Morgan fingerprint density at radius 1 is 1.33 bits per heavy atom. The number of ether oxygens (including phenoxy) is 1. The lowest BCUT2D eigenvalue weighted by atomic mass is 10.1. The van der Waals surface area contributed by atoms with E-state index in [4.69, 9.17) is 4.74 Å². The Balaban J connectivity index is 1.69. The molecule has 0 saturated heterocycles. The van der Waals surface area contributed by atoms with Crippen LogP contribution in [-0.4, -0.2) is 40.8 Å². The molecule has 2 aromatic rings. The molecule has 3 rings (SSSR count). The second kappa shape index (κ2) is 8.58.